The molecule has 1 amide bonds. The lowest BCUT2D eigenvalue weighted by Gasteiger charge is -2.14. The molecular formula is C19H21ClN2O2. The lowest BCUT2D eigenvalue weighted by atomic mass is 10.1. The third kappa shape index (κ3) is 4.49. The highest BCUT2D eigenvalue weighted by Crippen LogP contribution is 2.20. The molecule has 4 nitrogen and oxygen atoms in total. The summed E-state index contributed by atoms with van der Waals surface area (Å²) in [4.78, 5) is 12.4. The highest BCUT2D eigenvalue weighted by molar-refractivity contribution is 6.30. The maximum absolute atomic E-state index is 12.4. The highest BCUT2D eigenvalue weighted by Gasteiger charge is 2.17. The lowest BCUT2D eigenvalue weighted by molar-refractivity contribution is 0.0946. The molecule has 24 heavy (non-hydrogen) atoms. The Balaban J connectivity index is 1.61. The zero-order valence-electron chi connectivity index (χ0n) is 13.4. The molecule has 3 rings (SSSR count). The average Bonchev–Trinajstić information content (AvgIpc) is 3.13. The Labute approximate surface area is 147 Å². The average molecular weight is 345 g/mol. The van der Waals surface area contributed by atoms with E-state index in [4.69, 9.17) is 16.3 Å². The molecule has 1 aliphatic rings. The van der Waals surface area contributed by atoms with Crippen molar-refractivity contribution in [3.05, 3.63) is 64.7 Å². The molecule has 126 valence electrons. The van der Waals surface area contributed by atoms with Gasteiger partial charge in [0.2, 0.25) is 0 Å². The minimum absolute atomic E-state index is 0.101. The van der Waals surface area contributed by atoms with Gasteiger partial charge in [0.05, 0.1) is 5.56 Å². The number of halogens is 1. The minimum Gasteiger partial charge on any atom is -0.488 e. The molecule has 0 aliphatic carbocycles. The first kappa shape index (κ1) is 16.8. The smallest absolute Gasteiger partial charge is 0.255 e. The number of carbonyl (C=O) groups excluding carboxylic acids is 1. The quantitative estimate of drug-likeness (QED) is 0.844. The molecule has 1 unspecified atom stereocenters. The molecule has 5 heteroatoms. The van der Waals surface area contributed by atoms with Gasteiger partial charge in [-0.15, -0.1) is 0 Å². The topological polar surface area (TPSA) is 50.4 Å². The Morgan fingerprint density at radius 1 is 1.21 bits per heavy atom. The van der Waals surface area contributed by atoms with Crippen molar-refractivity contribution in [1.29, 1.82) is 0 Å². The Morgan fingerprint density at radius 2 is 2.00 bits per heavy atom. The molecule has 2 N–H and O–H groups in total. The number of para-hydroxylation sites is 1. The van der Waals surface area contributed by atoms with Crippen LogP contribution < -0.4 is 15.4 Å². The Kier molecular flexibility index (Phi) is 5.72. The van der Waals surface area contributed by atoms with E-state index in [1.165, 1.54) is 6.42 Å². The number of hydrogen-bond donors (Lipinski definition) is 2. The largest absolute Gasteiger partial charge is 0.488 e. The summed E-state index contributed by atoms with van der Waals surface area (Å²) < 4.78 is 5.84. The van der Waals surface area contributed by atoms with E-state index in [2.05, 4.69) is 10.6 Å². The molecule has 0 saturated carbocycles. The van der Waals surface area contributed by atoms with Crippen molar-refractivity contribution in [2.24, 2.45) is 0 Å². The van der Waals surface area contributed by atoms with Gasteiger partial charge < -0.3 is 15.4 Å². The van der Waals surface area contributed by atoms with Crippen LogP contribution in [0.3, 0.4) is 0 Å². The summed E-state index contributed by atoms with van der Waals surface area (Å²) in [5.74, 6) is 0.486. The second kappa shape index (κ2) is 8.18. The van der Waals surface area contributed by atoms with Gasteiger partial charge >= 0.3 is 0 Å². The summed E-state index contributed by atoms with van der Waals surface area (Å²) in [6.07, 6.45) is 2.27. The molecule has 1 heterocycles. The Hall–Kier alpha value is -2.04. The van der Waals surface area contributed by atoms with Crippen LogP contribution in [0.15, 0.2) is 48.5 Å². The van der Waals surface area contributed by atoms with Gasteiger partial charge in [0.1, 0.15) is 12.4 Å². The van der Waals surface area contributed by atoms with Crippen LogP contribution in [0, 0.1) is 0 Å². The second-order valence-electron chi connectivity index (χ2n) is 5.91. The van der Waals surface area contributed by atoms with Crippen molar-refractivity contribution >= 4 is 17.5 Å². The van der Waals surface area contributed by atoms with Gasteiger partial charge in [-0.3, -0.25) is 4.79 Å². The third-order valence-electron chi connectivity index (χ3n) is 4.11. The molecule has 0 spiro atoms. The maximum Gasteiger partial charge on any atom is 0.255 e. The fourth-order valence-corrected chi connectivity index (χ4v) is 2.89. The number of rotatable bonds is 6. The van der Waals surface area contributed by atoms with Gasteiger partial charge in [0.25, 0.3) is 5.91 Å². The summed E-state index contributed by atoms with van der Waals surface area (Å²) in [5, 5.41) is 7.05. The van der Waals surface area contributed by atoms with E-state index in [1.54, 1.807) is 6.07 Å². The van der Waals surface area contributed by atoms with E-state index in [1.807, 2.05) is 42.5 Å². The molecule has 1 atom stereocenters. The van der Waals surface area contributed by atoms with Crippen LogP contribution in [0.2, 0.25) is 5.02 Å². The summed E-state index contributed by atoms with van der Waals surface area (Å²) in [6, 6.07) is 15.2. The van der Waals surface area contributed by atoms with Crippen molar-refractivity contribution in [2.75, 3.05) is 13.1 Å². The zero-order valence-corrected chi connectivity index (χ0v) is 14.2. The number of amides is 1. The number of nitrogens with one attached hydrogen (secondary N) is 2. The molecule has 0 radical (unpaired) electrons. The number of carbonyl (C=O) groups is 1. The van der Waals surface area contributed by atoms with E-state index in [0.717, 1.165) is 18.5 Å². The van der Waals surface area contributed by atoms with Crippen molar-refractivity contribution < 1.29 is 9.53 Å². The molecule has 1 aliphatic heterocycles. The van der Waals surface area contributed by atoms with Gasteiger partial charge in [-0.25, -0.2) is 0 Å². The van der Waals surface area contributed by atoms with E-state index < -0.39 is 0 Å². The van der Waals surface area contributed by atoms with E-state index in [-0.39, 0.29) is 5.91 Å². The number of benzene rings is 2. The van der Waals surface area contributed by atoms with Crippen LogP contribution in [0.25, 0.3) is 0 Å². The van der Waals surface area contributed by atoms with Gasteiger partial charge in [0.15, 0.2) is 0 Å². The van der Waals surface area contributed by atoms with E-state index in [9.17, 15) is 4.79 Å². The summed E-state index contributed by atoms with van der Waals surface area (Å²) in [6.45, 7) is 2.07. The van der Waals surface area contributed by atoms with Crippen LogP contribution in [0.4, 0.5) is 0 Å². The number of hydrogen-bond acceptors (Lipinski definition) is 3. The zero-order chi connectivity index (χ0) is 16.8. The first-order chi connectivity index (χ1) is 11.7. The van der Waals surface area contributed by atoms with Crippen molar-refractivity contribution in [3.63, 3.8) is 0 Å². The van der Waals surface area contributed by atoms with Crippen LogP contribution in [-0.2, 0) is 6.61 Å². The summed E-state index contributed by atoms with van der Waals surface area (Å²) >= 11 is 5.89. The van der Waals surface area contributed by atoms with Gasteiger partial charge in [-0.2, -0.15) is 0 Å². The first-order valence-electron chi connectivity index (χ1n) is 8.20. The Morgan fingerprint density at radius 3 is 2.75 bits per heavy atom. The fourth-order valence-electron chi connectivity index (χ4n) is 2.76. The normalized spacial score (nSPS) is 16.8. The molecular weight excluding hydrogens is 324 g/mol. The van der Waals surface area contributed by atoms with Crippen molar-refractivity contribution in [2.45, 2.75) is 25.5 Å². The van der Waals surface area contributed by atoms with Gasteiger partial charge in [-0.1, -0.05) is 35.9 Å². The number of ether oxygens (including phenoxy) is 1. The van der Waals surface area contributed by atoms with E-state index >= 15 is 0 Å². The summed E-state index contributed by atoms with van der Waals surface area (Å²) in [7, 11) is 0. The standard InChI is InChI=1S/C19H21ClN2O2/c20-15-9-7-14(8-10-15)13-24-18-6-2-1-5-17(18)19(23)22-12-16-4-3-11-21-16/h1-2,5-10,16,21H,3-4,11-13H2,(H,22,23). The van der Waals surface area contributed by atoms with E-state index in [0.29, 0.717) is 35.5 Å². The van der Waals surface area contributed by atoms with Crippen LogP contribution in [0.5, 0.6) is 5.75 Å². The molecule has 0 bridgehead atoms. The Bertz CT molecular complexity index is 682. The van der Waals surface area contributed by atoms with Crippen LogP contribution >= 0.6 is 11.6 Å². The third-order valence-corrected chi connectivity index (χ3v) is 4.36. The van der Waals surface area contributed by atoms with Gasteiger partial charge in [0, 0.05) is 17.6 Å². The van der Waals surface area contributed by atoms with Crippen LogP contribution in [0.1, 0.15) is 28.8 Å². The molecule has 0 aromatic heterocycles. The first-order valence-corrected chi connectivity index (χ1v) is 8.58. The lowest BCUT2D eigenvalue weighted by Crippen LogP contribution is -2.37. The maximum atomic E-state index is 12.4. The predicted molar refractivity (Wildman–Crippen MR) is 95.6 cm³/mol. The molecule has 2 aromatic carbocycles. The highest BCUT2D eigenvalue weighted by atomic mass is 35.5. The minimum atomic E-state index is -0.101. The SMILES string of the molecule is O=C(NCC1CCCN1)c1ccccc1OCc1ccc(Cl)cc1. The molecule has 1 fully saturated rings. The second-order valence-corrected chi connectivity index (χ2v) is 6.35. The van der Waals surface area contributed by atoms with Crippen LogP contribution in [-0.4, -0.2) is 25.0 Å². The monoisotopic (exact) mass is 344 g/mol. The molecule has 1 saturated heterocycles. The van der Waals surface area contributed by atoms with Crippen molar-refractivity contribution in [1.82, 2.24) is 10.6 Å². The summed E-state index contributed by atoms with van der Waals surface area (Å²) in [5.41, 5.74) is 1.56. The molecule has 2 aromatic rings. The fraction of sp³-hybridized carbons (Fsp3) is 0.316. The predicted octanol–water partition coefficient (Wildman–Crippen LogP) is 3.40. The van der Waals surface area contributed by atoms with Gasteiger partial charge in [-0.05, 0) is 49.2 Å². The van der Waals surface area contributed by atoms with Crippen molar-refractivity contribution in [3.8, 4) is 5.75 Å².